The molecule has 0 aliphatic carbocycles. The Morgan fingerprint density at radius 3 is 1.53 bits per heavy atom. The molecule has 1 rings (SSSR count). The molecule has 0 aromatic heterocycles. The highest BCUT2D eigenvalue weighted by atomic mass is 32.2. The van der Waals surface area contributed by atoms with Crippen LogP contribution >= 0.6 is 0 Å². The van der Waals surface area contributed by atoms with Gasteiger partial charge in [0.1, 0.15) is 0 Å². The maximum atomic E-state index is 11.9. The molecule has 0 N–H and O–H groups in total. The fraction of sp³-hybridized carbons (Fsp3) is 0.727. The third-order valence-corrected chi connectivity index (χ3v) is 11.0. The van der Waals surface area contributed by atoms with Crippen LogP contribution in [0.4, 0.5) is 0 Å². The van der Waals surface area contributed by atoms with Gasteiger partial charge in [0.05, 0.1) is 71.0 Å². The smallest absolute Gasteiger partial charge is 0.297 e. The molecule has 0 atom stereocenters. The highest BCUT2D eigenvalue weighted by Gasteiger charge is 2.36. The van der Waals surface area contributed by atoms with Crippen LogP contribution in [0.1, 0.15) is 20.8 Å². The van der Waals surface area contributed by atoms with Crippen molar-refractivity contribution in [2.24, 2.45) is 0 Å². The van der Waals surface area contributed by atoms with Gasteiger partial charge in [-0.3, -0.25) is 4.18 Å². The van der Waals surface area contributed by atoms with E-state index in [4.69, 9.17) is 27.6 Å². The van der Waals surface area contributed by atoms with Gasteiger partial charge in [0.25, 0.3) is 10.1 Å². The van der Waals surface area contributed by atoms with Crippen molar-refractivity contribution in [1.82, 2.24) is 0 Å². The molecule has 10 heteroatoms. The van der Waals surface area contributed by atoms with Crippen LogP contribution in [0.3, 0.4) is 0 Å². The molecule has 186 valence electrons. The minimum absolute atomic E-state index is 0.0404. The lowest BCUT2D eigenvalue weighted by Crippen LogP contribution is -2.41. The maximum absolute atomic E-state index is 11.9. The third-order valence-electron chi connectivity index (χ3n) is 5.11. The van der Waals surface area contributed by atoms with Crippen molar-refractivity contribution in [2.75, 3.05) is 66.1 Å². The molecule has 1 aromatic rings. The van der Waals surface area contributed by atoms with Gasteiger partial charge < -0.3 is 23.4 Å². The van der Waals surface area contributed by atoms with Crippen molar-refractivity contribution in [3.63, 3.8) is 0 Å². The second kappa shape index (κ2) is 15.1. The van der Waals surface area contributed by atoms with E-state index in [1.807, 2.05) is 0 Å². The summed E-state index contributed by atoms with van der Waals surface area (Å²) in [5.74, 6) is 0. The number of hydrogen-bond donors (Lipinski definition) is 0. The maximum Gasteiger partial charge on any atom is 0.297 e. The second-order valence-corrected chi connectivity index (χ2v) is 15.1. The van der Waals surface area contributed by atoms with Gasteiger partial charge in [0, 0.05) is 0 Å². The molecule has 0 fully saturated rings. The fourth-order valence-corrected chi connectivity index (χ4v) is 4.13. The summed E-state index contributed by atoms with van der Waals surface area (Å²) in [4.78, 5) is 0.133. The van der Waals surface area contributed by atoms with E-state index < -0.39 is 18.4 Å². The normalized spacial score (nSPS) is 12.9. The van der Waals surface area contributed by atoms with Crippen LogP contribution in [-0.4, -0.2) is 82.8 Å². The Balaban J connectivity index is 1.87. The average molecular weight is 493 g/mol. The predicted molar refractivity (Wildman–Crippen MR) is 126 cm³/mol. The molecule has 0 spiro atoms. The van der Waals surface area contributed by atoms with E-state index in [0.29, 0.717) is 52.9 Å². The Morgan fingerprint density at radius 1 is 0.688 bits per heavy atom. The Kier molecular flexibility index (Phi) is 13.8. The van der Waals surface area contributed by atoms with Crippen molar-refractivity contribution in [3.05, 3.63) is 30.3 Å². The molecule has 0 saturated heterocycles. The SMILES string of the molecule is CC(C)(C)[Si](C)(C)OCCOCCOCCOCCOCCOS(=O)(=O)c1ccccc1. The summed E-state index contributed by atoms with van der Waals surface area (Å²) >= 11 is 0. The number of ether oxygens (including phenoxy) is 4. The Morgan fingerprint density at radius 2 is 1.09 bits per heavy atom. The minimum atomic E-state index is -3.73. The molecule has 0 radical (unpaired) electrons. The molecule has 0 bridgehead atoms. The van der Waals surface area contributed by atoms with E-state index in [9.17, 15) is 8.42 Å². The topological polar surface area (TPSA) is 89.5 Å². The molecule has 0 aliphatic heterocycles. The number of hydrogen-bond acceptors (Lipinski definition) is 8. The van der Waals surface area contributed by atoms with Crippen molar-refractivity contribution < 1.29 is 36.0 Å². The average Bonchev–Trinajstić information content (AvgIpc) is 2.73. The molecule has 32 heavy (non-hydrogen) atoms. The van der Waals surface area contributed by atoms with Gasteiger partial charge in [0.2, 0.25) is 0 Å². The van der Waals surface area contributed by atoms with Crippen molar-refractivity contribution in [3.8, 4) is 0 Å². The molecule has 0 amide bonds. The van der Waals surface area contributed by atoms with Crippen LogP contribution < -0.4 is 0 Å². The zero-order valence-corrected chi connectivity index (χ0v) is 21.9. The molecule has 0 saturated carbocycles. The van der Waals surface area contributed by atoms with Crippen LogP contribution in [0, 0.1) is 0 Å². The third kappa shape index (κ3) is 12.4. The summed E-state index contributed by atoms with van der Waals surface area (Å²) < 4.78 is 56.5. The standard InChI is InChI=1S/C22H40O8SSi/c1-22(2,3)32(4,5)30-20-18-28-16-14-26-12-11-25-13-15-27-17-19-29-31(23,24)21-9-7-6-8-10-21/h6-10H,11-20H2,1-5H3. The number of rotatable bonds is 18. The Labute approximate surface area is 194 Å². The van der Waals surface area contributed by atoms with Gasteiger partial charge in [-0.15, -0.1) is 0 Å². The van der Waals surface area contributed by atoms with E-state index >= 15 is 0 Å². The largest absolute Gasteiger partial charge is 0.414 e. The molecular weight excluding hydrogens is 452 g/mol. The highest BCUT2D eigenvalue weighted by Crippen LogP contribution is 2.36. The van der Waals surface area contributed by atoms with Gasteiger partial charge in [-0.2, -0.15) is 8.42 Å². The molecule has 0 aliphatic rings. The summed E-state index contributed by atoms with van der Waals surface area (Å²) in [6.45, 7) is 15.1. The van der Waals surface area contributed by atoms with Gasteiger partial charge in [-0.25, -0.2) is 0 Å². The zero-order valence-electron chi connectivity index (χ0n) is 20.1. The number of benzene rings is 1. The van der Waals surface area contributed by atoms with Crippen molar-refractivity contribution >= 4 is 18.4 Å². The van der Waals surface area contributed by atoms with Gasteiger partial charge in [0.15, 0.2) is 8.32 Å². The lowest BCUT2D eigenvalue weighted by molar-refractivity contribution is -0.00721. The first-order valence-corrected chi connectivity index (χ1v) is 15.3. The summed E-state index contributed by atoms with van der Waals surface area (Å²) in [5.41, 5.74) is 0. The molecular formula is C22H40O8SSi. The summed E-state index contributed by atoms with van der Waals surface area (Å²) in [6, 6.07) is 8.01. The Hall–Kier alpha value is -0.853. The molecule has 8 nitrogen and oxygen atoms in total. The first kappa shape index (κ1) is 29.2. The minimum Gasteiger partial charge on any atom is -0.414 e. The first-order valence-electron chi connectivity index (χ1n) is 11.0. The lowest BCUT2D eigenvalue weighted by atomic mass is 10.2. The lowest BCUT2D eigenvalue weighted by Gasteiger charge is -2.36. The van der Waals surface area contributed by atoms with Gasteiger partial charge in [-0.1, -0.05) is 39.0 Å². The molecule has 1 aromatic carbocycles. The fourth-order valence-electron chi connectivity index (χ4n) is 2.19. The van der Waals surface area contributed by atoms with Crippen LogP contribution in [0.5, 0.6) is 0 Å². The quantitative estimate of drug-likeness (QED) is 0.175. The monoisotopic (exact) mass is 492 g/mol. The highest BCUT2D eigenvalue weighted by molar-refractivity contribution is 7.86. The van der Waals surface area contributed by atoms with E-state index in [1.165, 1.54) is 12.1 Å². The first-order chi connectivity index (χ1) is 15.1. The van der Waals surface area contributed by atoms with Crippen LogP contribution in [0.2, 0.25) is 18.1 Å². The summed E-state index contributed by atoms with van der Waals surface area (Å²) in [5, 5.41) is 0.206. The second-order valence-electron chi connectivity index (χ2n) is 8.65. The van der Waals surface area contributed by atoms with Crippen LogP contribution in [-0.2, 0) is 37.7 Å². The molecule has 0 unspecified atom stereocenters. The zero-order chi connectivity index (χ0) is 23.9. The molecule has 0 heterocycles. The Bertz CT molecular complexity index is 704. The van der Waals surface area contributed by atoms with E-state index in [-0.39, 0.29) is 23.1 Å². The van der Waals surface area contributed by atoms with Gasteiger partial charge in [-0.05, 0) is 30.3 Å². The van der Waals surface area contributed by atoms with Crippen molar-refractivity contribution in [1.29, 1.82) is 0 Å². The van der Waals surface area contributed by atoms with E-state index in [1.54, 1.807) is 18.2 Å². The van der Waals surface area contributed by atoms with E-state index in [0.717, 1.165) is 0 Å². The summed E-state index contributed by atoms with van der Waals surface area (Å²) in [6.07, 6.45) is 0. The predicted octanol–water partition coefficient (Wildman–Crippen LogP) is 3.48. The van der Waals surface area contributed by atoms with Gasteiger partial charge >= 0.3 is 0 Å². The van der Waals surface area contributed by atoms with Crippen molar-refractivity contribution in [2.45, 2.75) is 43.8 Å². The summed E-state index contributed by atoms with van der Waals surface area (Å²) in [7, 11) is -5.44. The van der Waals surface area contributed by atoms with E-state index in [2.05, 4.69) is 33.9 Å². The van der Waals surface area contributed by atoms with Crippen LogP contribution in [0.25, 0.3) is 0 Å². The van der Waals surface area contributed by atoms with Crippen LogP contribution in [0.15, 0.2) is 35.2 Å².